The molecule has 0 heterocycles. The summed E-state index contributed by atoms with van der Waals surface area (Å²) >= 11 is 0. The minimum atomic E-state index is -3.15. The van der Waals surface area contributed by atoms with E-state index in [1.807, 2.05) is 0 Å². The number of hydrogen-bond donors (Lipinski definition) is 2. The van der Waals surface area contributed by atoms with E-state index in [2.05, 4.69) is 8.85 Å². The molecule has 0 amide bonds. The second-order valence-corrected chi connectivity index (χ2v) is 7.53. The predicted molar refractivity (Wildman–Crippen MR) is 42.8 cm³/mol. The van der Waals surface area contributed by atoms with Crippen LogP contribution in [0.4, 0.5) is 0 Å². The Bertz CT molecular complexity index is 117. The van der Waals surface area contributed by atoms with Crippen LogP contribution >= 0.6 is 0 Å². The van der Waals surface area contributed by atoms with Gasteiger partial charge in [-0.05, 0) is 0 Å². The van der Waals surface area contributed by atoms with Crippen LogP contribution in [0, 0.1) is 0 Å². The van der Waals surface area contributed by atoms with E-state index in [4.69, 9.17) is 4.12 Å². The largest absolute Gasteiger partial charge is 0.487 e. The Balaban J connectivity index is 0. The minimum absolute atomic E-state index is 0. The van der Waals surface area contributed by atoms with Crippen molar-refractivity contribution in [1.29, 1.82) is 0 Å². The first-order chi connectivity index (χ1) is 4.83. The molecule has 2 atom stereocenters. The van der Waals surface area contributed by atoms with Gasteiger partial charge in [-0.3, -0.25) is 0 Å². The SMILES string of the molecule is CO[Si](C)(O)O[Si](C)(O)OC.[Zn]. The molecule has 0 fully saturated rings. The fraction of sp³-hybridized carbons (Fsp3) is 1.00. The number of hydrogen-bond acceptors (Lipinski definition) is 5. The Morgan fingerprint density at radius 1 is 0.917 bits per heavy atom. The maximum atomic E-state index is 9.28. The van der Waals surface area contributed by atoms with E-state index >= 15 is 0 Å². The summed E-state index contributed by atoms with van der Waals surface area (Å²) in [4.78, 5) is 18.6. The van der Waals surface area contributed by atoms with Gasteiger partial charge in [-0.2, -0.15) is 0 Å². The van der Waals surface area contributed by atoms with Crippen molar-refractivity contribution in [3.05, 3.63) is 0 Å². The van der Waals surface area contributed by atoms with Gasteiger partial charge in [0.15, 0.2) is 0 Å². The minimum Gasteiger partial charge on any atom is -0.390 e. The monoisotopic (exact) mass is 262 g/mol. The normalized spacial score (nSPS) is 20.5. The maximum Gasteiger partial charge on any atom is 0.487 e. The molecule has 0 aromatic carbocycles. The first-order valence-corrected chi connectivity index (χ1v) is 7.61. The molecule has 2 unspecified atom stereocenters. The van der Waals surface area contributed by atoms with E-state index in [0.717, 1.165) is 0 Å². The quantitative estimate of drug-likeness (QED) is 0.664. The Hall–Kier alpha value is 0.857. The van der Waals surface area contributed by atoms with Gasteiger partial charge in [0.05, 0.1) is 0 Å². The van der Waals surface area contributed by atoms with E-state index in [9.17, 15) is 9.59 Å². The molecule has 70 valence electrons. The summed E-state index contributed by atoms with van der Waals surface area (Å²) in [5.41, 5.74) is 0. The van der Waals surface area contributed by atoms with Gasteiger partial charge in [0.25, 0.3) is 0 Å². The maximum absolute atomic E-state index is 9.28. The van der Waals surface area contributed by atoms with Crippen LogP contribution < -0.4 is 0 Å². The van der Waals surface area contributed by atoms with Crippen LogP contribution in [0.2, 0.25) is 13.1 Å². The van der Waals surface area contributed by atoms with Gasteiger partial charge in [-0.25, -0.2) is 0 Å². The van der Waals surface area contributed by atoms with Gasteiger partial charge in [-0.15, -0.1) is 0 Å². The van der Waals surface area contributed by atoms with Crippen LogP contribution in [0.5, 0.6) is 0 Å². The van der Waals surface area contributed by atoms with E-state index in [1.54, 1.807) is 0 Å². The average Bonchev–Trinajstić information content (AvgIpc) is 1.86. The third-order valence-corrected chi connectivity index (χ3v) is 5.68. The van der Waals surface area contributed by atoms with Crippen LogP contribution in [0.25, 0.3) is 0 Å². The van der Waals surface area contributed by atoms with Crippen molar-refractivity contribution in [1.82, 2.24) is 0 Å². The Morgan fingerprint density at radius 3 is 1.33 bits per heavy atom. The van der Waals surface area contributed by atoms with Gasteiger partial charge in [0.1, 0.15) is 0 Å². The second kappa shape index (κ2) is 5.56. The topological polar surface area (TPSA) is 68.2 Å². The molecule has 0 rings (SSSR count). The van der Waals surface area contributed by atoms with Crippen molar-refractivity contribution < 1.29 is 42.0 Å². The van der Waals surface area contributed by atoms with Gasteiger partial charge in [-0.1, -0.05) is 0 Å². The summed E-state index contributed by atoms with van der Waals surface area (Å²) in [6.45, 7) is 2.82. The predicted octanol–water partition coefficient (Wildman–Crippen LogP) is -0.585. The van der Waals surface area contributed by atoms with Crippen LogP contribution in [-0.4, -0.2) is 41.4 Å². The molecule has 8 heteroatoms. The van der Waals surface area contributed by atoms with Crippen molar-refractivity contribution in [2.24, 2.45) is 0 Å². The molecule has 2 N–H and O–H groups in total. The molecule has 0 aromatic heterocycles. The van der Waals surface area contributed by atoms with Crippen molar-refractivity contribution in [2.75, 3.05) is 14.2 Å². The van der Waals surface area contributed by atoms with Crippen molar-refractivity contribution in [2.45, 2.75) is 13.1 Å². The fourth-order valence-electron chi connectivity index (χ4n) is 0.435. The summed E-state index contributed by atoms with van der Waals surface area (Å²) in [6, 6.07) is 0. The van der Waals surface area contributed by atoms with Crippen LogP contribution in [-0.2, 0) is 32.4 Å². The molecule has 12 heavy (non-hydrogen) atoms. The van der Waals surface area contributed by atoms with Gasteiger partial charge >= 0.3 is 17.6 Å². The molecule has 0 aliphatic rings. The van der Waals surface area contributed by atoms with E-state index in [1.165, 1.54) is 27.3 Å². The molecular formula is C4H14O5Si2Zn. The van der Waals surface area contributed by atoms with Crippen molar-refractivity contribution >= 4 is 17.6 Å². The fourth-order valence-corrected chi connectivity index (χ4v) is 3.91. The molecule has 0 saturated heterocycles. The molecular weight excluding hydrogens is 250 g/mol. The third-order valence-electron chi connectivity index (χ3n) is 1.14. The molecule has 0 saturated carbocycles. The van der Waals surface area contributed by atoms with Crippen molar-refractivity contribution in [3.63, 3.8) is 0 Å². The Morgan fingerprint density at radius 2 is 1.17 bits per heavy atom. The zero-order valence-corrected chi connectivity index (χ0v) is 12.8. The average molecular weight is 264 g/mol. The molecule has 0 bridgehead atoms. The second-order valence-electron chi connectivity index (χ2n) is 2.31. The summed E-state index contributed by atoms with van der Waals surface area (Å²) in [6.07, 6.45) is 0. The summed E-state index contributed by atoms with van der Waals surface area (Å²) < 4.78 is 14.2. The summed E-state index contributed by atoms with van der Waals surface area (Å²) in [7, 11) is -3.64. The summed E-state index contributed by atoms with van der Waals surface area (Å²) in [5.74, 6) is 0. The molecule has 0 radical (unpaired) electrons. The van der Waals surface area contributed by atoms with E-state index in [0.29, 0.717) is 0 Å². The smallest absolute Gasteiger partial charge is 0.390 e. The molecule has 0 aliphatic carbocycles. The van der Waals surface area contributed by atoms with Crippen LogP contribution in [0.3, 0.4) is 0 Å². The van der Waals surface area contributed by atoms with E-state index < -0.39 is 17.6 Å². The molecule has 0 spiro atoms. The van der Waals surface area contributed by atoms with Crippen molar-refractivity contribution in [3.8, 4) is 0 Å². The summed E-state index contributed by atoms with van der Waals surface area (Å²) in [5, 5.41) is 0. The Kier molecular flexibility index (Phi) is 7.10. The molecule has 0 aromatic rings. The van der Waals surface area contributed by atoms with Crippen LogP contribution in [0.1, 0.15) is 0 Å². The van der Waals surface area contributed by atoms with E-state index in [-0.39, 0.29) is 19.5 Å². The third kappa shape index (κ3) is 6.38. The first-order valence-electron chi connectivity index (χ1n) is 3.08. The Labute approximate surface area is 87.1 Å². The standard InChI is InChI=1S/C4H14O5Si2.Zn/c1-7-10(3,5)9-11(4,6)8-2;/h5-6H,1-4H3;. The zero-order chi connectivity index (χ0) is 9.12. The number of rotatable bonds is 4. The van der Waals surface area contributed by atoms with Gasteiger partial charge in [0, 0.05) is 46.8 Å². The molecule has 5 nitrogen and oxygen atoms in total. The molecule has 0 aliphatic heterocycles. The van der Waals surface area contributed by atoms with Gasteiger partial charge < -0.3 is 22.6 Å². The zero-order valence-electron chi connectivity index (χ0n) is 7.83. The van der Waals surface area contributed by atoms with Gasteiger partial charge in [0.2, 0.25) is 0 Å². The van der Waals surface area contributed by atoms with Crippen LogP contribution in [0.15, 0.2) is 0 Å². The first kappa shape index (κ1) is 15.3.